The second-order valence-corrected chi connectivity index (χ2v) is 7.91. The number of carbonyl (C=O) groups excluding carboxylic acids is 1. The summed E-state index contributed by atoms with van der Waals surface area (Å²) in [6.07, 6.45) is 7.38. The molecule has 0 spiro atoms. The lowest BCUT2D eigenvalue weighted by atomic mass is 9.89. The monoisotopic (exact) mass is 445 g/mol. The molecule has 170 valence electrons. The zero-order chi connectivity index (χ0) is 20.1. The van der Waals surface area contributed by atoms with E-state index in [9.17, 15) is 4.79 Å². The lowest BCUT2D eigenvalue weighted by Gasteiger charge is -2.26. The molecule has 0 bridgehead atoms. The van der Waals surface area contributed by atoms with E-state index in [2.05, 4.69) is 28.2 Å². The van der Waals surface area contributed by atoms with E-state index in [1.807, 2.05) is 36.2 Å². The van der Waals surface area contributed by atoms with Crippen LogP contribution in [0.25, 0.3) is 10.8 Å². The lowest BCUT2D eigenvalue weighted by molar-refractivity contribution is -0.134. The molecule has 5 nitrogen and oxygen atoms in total. The van der Waals surface area contributed by atoms with Crippen LogP contribution in [0.1, 0.15) is 45.9 Å². The van der Waals surface area contributed by atoms with Gasteiger partial charge in [-0.1, -0.05) is 43.8 Å². The van der Waals surface area contributed by atoms with Crippen LogP contribution in [-0.2, 0) is 17.6 Å². The number of benzene rings is 2. The molecule has 0 radical (unpaired) electrons. The summed E-state index contributed by atoms with van der Waals surface area (Å²) in [4.78, 5) is 22.1. The first-order chi connectivity index (χ1) is 14.2. The van der Waals surface area contributed by atoms with Gasteiger partial charge in [0.2, 0.25) is 5.91 Å². The SMILES string of the molecule is C.CN(CCCCCOc1cccc2ccccc12)C(=O)C1CCc2nc[nH]c2C1.Cl.[HH]. The number of aromatic nitrogens is 2. The normalized spacial score (nSPS) is 14.8. The van der Waals surface area contributed by atoms with Crippen molar-refractivity contribution in [2.24, 2.45) is 5.92 Å². The fraction of sp³-hybridized carbons (Fsp3) is 0.440. The van der Waals surface area contributed by atoms with Gasteiger partial charge in [0, 0.05) is 38.4 Å². The van der Waals surface area contributed by atoms with Crippen LogP contribution in [0.2, 0.25) is 0 Å². The summed E-state index contributed by atoms with van der Waals surface area (Å²) in [6, 6.07) is 14.5. The molecule has 1 amide bonds. The van der Waals surface area contributed by atoms with Gasteiger partial charge in [0.25, 0.3) is 0 Å². The van der Waals surface area contributed by atoms with Crippen molar-refractivity contribution in [3.05, 3.63) is 60.2 Å². The van der Waals surface area contributed by atoms with Crippen molar-refractivity contribution >= 4 is 29.1 Å². The summed E-state index contributed by atoms with van der Waals surface area (Å²) in [5, 5.41) is 2.36. The number of H-pyrrole nitrogens is 1. The predicted octanol–water partition coefficient (Wildman–Crippen LogP) is 5.68. The molecule has 1 heterocycles. The zero-order valence-corrected chi connectivity index (χ0v) is 18.3. The molecule has 1 aromatic heterocycles. The standard InChI is InChI=1S/C24H29N3O2.CH4.ClH.H2/c1-27(24(28)19-12-13-21-22(16-19)26-17-25-21)14-5-2-6-15-29-23-11-7-9-18-8-3-4-10-20(18)23;;;/h3-4,7-11,17,19H,2,5-6,12-16H2,1H3,(H,25,26);1H4;2*1H. The Hall–Kier alpha value is -2.53. The zero-order valence-electron chi connectivity index (χ0n) is 17.5. The van der Waals surface area contributed by atoms with E-state index < -0.39 is 0 Å². The summed E-state index contributed by atoms with van der Waals surface area (Å²) >= 11 is 0. The number of amides is 1. The highest BCUT2D eigenvalue weighted by Gasteiger charge is 2.27. The molecule has 0 aliphatic heterocycles. The Balaban J connectivity index is 0.00000171. The number of ether oxygens (including phenoxy) is 1. The summed E-state index contributed by atoms with van der Waals surface area (Å²) in [6.45, 7) is 1.51. The van der Waals surface area contributed by atoms with Crippen molar-refractivity contribution in [1.29, 1.82) is 0 Å². The molecule has 6 heteroatoms. The number of rotatable bonds is 8. The summed E-state index contributed by atoms with van der Waals surface area (Å²) < 4.78 is 6.00. The molecule has 2 aromatic carbocycles. The number of hydrogen-bond acceptors (Lipinski definition) is 3. The minimum atomic E-state index is 0. The van der Waals surface area contributed by atoms with Crippen molar-refractivity contribution in [1.82, 2.24) is 14.9 Å². The van der Waals surface area contributed by atoms with Gasteiger partial charge < -0.3 is 14.6 Å². The largest absolute Gasteiger partial charge is 0.493 e. The minimum Gasteiger partial charge on any atom is -0.493 e. The summed E-state index contributed by atoms with van der Waals surface area (Å²) in [7, 11) is 1.93. The Morgan fingerprint density at radius 1 is 1.19 bits per heavy atom. The maximum absolute atomic E-state index is 12.7. The number of imidazole rings is 1. The molecule has 1 aliphatic rings. The molecule has 1 atom stereocenters. The molecule has 0 saturated heterocycles. The molecule has 1 aliphatic carbocycles. The Bertz CT molecular complexity index is 973. The van der Waals surface area contributed by atoms with Gasteiger partial charge in [-0.3, -0.25) is 4.79 Å². The van der Waals surface area contributed by atoms with Crippen LogP contribution in [0.4, 0.5) is 0 Å². The van der Waals surface area contributed by atoms with Crippen LogP contribution in [0, 0.1) is 5.92 Å². The number of fused-ring (bicyclic) bond motifs is 2. The maximum atomic E-state index is 12.7. The van der Waals surface area contributed by atoms with Gasteiger partial charge >= 0.3 is 0 Å². The van der Waals surface area contributed by atoms with Crippen molar-refractivity contribution in [2.75, 3.05) is 20.2 Å². The third kappa shape index (κ3) is 6.01. The Kier molecular flexibility index (Phi) is 9.38. The van der Waals surface area contributed by atoms with Crippen LogP contribution in [0.5, 0.6) is 5.75 Å². The highest BCUT2D eigenvalue weighted by molar-refractivity contribution is 5.88. The van der Waals surface area contributed by atoms with Crippen LogP contribution in [0.15, 0.2) is 48.8 Å². The number of carbonyl (C=O) groups is 1. The smallest absolute Gasteiger partial charge is 0.225 e. The van der Waals surface area contributed by atoms with Gasteiger partial charge in [-0.2, -0.15) is 0 Å². The number of nitrogens with one attached hydrogen (secondary N) is 1. The van der Waals surface area contributed by atoms with Gasteiger partial charge in [0.15, 0.2) is 0 Å². The number of halogens is 1. The quantitative estimate of drug-likeness (QED) is 0.454. The molecule has 3 aromatic rings. The van der Waals surface area contributed by atoms with E-state index >= 15 is 0 Å². The third-order valence-electron chi connectivity index (χ3n) is 5.86. The first-order valence-corrected chi connectivity index (χ1v) is 10.6. The topological polar surface area (TPSA) is 58.2 Å². The summed E-state index contributed by atoms with van der Waals surface area (Å²) in [5.74, 6) is 1.30. The van der Waals surface area contributed by atoms with Crippen molar-refractivity contribution in [2.45, 2.75) is 46.0 Å². The maximum Gasteiger partial charge on any atom is 0.225 e. The summed E-state index contributed by atoms with van der Waals surface area (Å²) in [5.41, 5.74) is 2.26. The second-order valence-electron chi connectivity index (χ2n) is 7.91. The van der Waals surface area contributed by atoms with Crippen molar-refractivity contribution in [3.8, 4) is 5.75 Å². The number of hydrogen-bond donors (Lipinski definition) is 1. The highest BCUT2D eigenvalue weighted by atomic mass is 35.5. The van der Waals surface area contributed by atoms with E-state index in [1.165, 1.54) is 5.39 Å². The lowest BCUT2D eigenvalue weighted by Crippen LogP contribution is -2.36. The van der Waals surface area contributed by atoms with Crippen molar-refractivity contribution < 1.29 is 11.0 Å². The number of aryl methyl sites for hydroxylation is 1. The molecule has 1 N–H and O–H groups in total. The average molecular weight is 446 g/mol. The fourth-order valence-corrected chi connectivity index (χ4v) is 4.17. The molecular formula is C25H36ClN3O2. The first kappa shape index (κ1) is 24.7. The van der Waals surface area contributed by atoms with Crippen LogP contribution in [0.3, 0.4) is 0 Å². The van der Waals surface area contributed by atoms with E-state index in [4.69, 9.17) is 4.74 Å². The van der Waals surface area contributed by atoms with Crippen LogP contribution in [-0.4, -0.2) is 41.0 Å². The van der Waals surface area contributed by atoms with E-state index in [-0.39, 0.29) is 33.1 Å². The third-order valence-corrected chi connectivity index (χ3v) is 5.86. The molecule has 31 heavy (non-hydrogen) atoms. The van der Waals surface area contributed by atoms with Gasteiger partial charge in [-0.05, 0) is 43.6 Å². The van der Waals surface area contributed by atoms with Gasteiger partial charge in [-0.15, -0.1) is 12.4 Å². The Morgan fingerprint density at radius 2 is 2.00 bits per heavy atom. The first-order valence-electron chi connectivity index (χ1n) is 10.6. The molecule has 0 fully saturated rings. The number of unbranched alkanes of at least 4 members (excludes halogenated alkanes) is 2. The Labute approximate surface area is 193 Å². The van der Waals surface area contributed by atoms with Crippen LogP contribution >= 0.6 is 12.4 Å². The number of nitrogens with zero attached hydrogens (tertiary/aromatic N) is 2. The Morgan fingerprint density at radius 3 is 2.87 bits per heavy atom. The molecule has 0 saturated carbocycles. The second kappa shape index (κ2) is 11.8. The van der Waals surface area contributed by atoms with Gasteiger partial charge in [-0.25, -0.2) is 4.98 Å². The fourth-order valence-electron chi connectivity index (χ4n) is 4.17. The minimum absolute atomic E-state index is 0. The molecular weight excluding hydrogens is 410 g/mol. The molecule has 1 unspecified atom stereocenters. The average Bonchev–Trinajstić information content (AvgIpc) is 3.23. The predicted molar refractivity (Wildman–Crippen MR) is 131 cm³/mol. The van der Waals surface area contributed by atoms with Crippen molar-refractivity contribution in [3.63, 3.8) is 0 Å². The highest BCUT2D eigenvalue weighted by Crippen LogP contribution is 2.26. The van der Waals surface area contributed by atoms with E-state index in [1.54, 1.807) is 6.33 Å². The molecule has 4 rings (SSSR count). The van der Waals surface area contributed by atoms with E-state index in [0.29, 0.717) is 6.61 Å². The number of aromatic amines is 1. The van der Waals surface area contributed by atoms with E-state index in [0.717, 1.165) is 67.6 Å². The van der Waals surface area contributed by atoms with Gasteiger partial charge in [0.1, 0.15) is 5.75 Å². The van der Waals surface area contributed by atoms with Crippen LogP contribution < -0.4 is 4.74 Å². The van der Waals surface area contributed by atoms with Gasteiger partial charge in [0.05, 0.1) is 18.6 Å².